The predicted octanol–water partition coefficient (Wildman–Crippen LogP) is 2.47. The number of hydrogen-bond acceptors (Lipinski definition) is 3. The van der Waals surface area contributed by atoms with E-state index >= 15 is 0 Å². The zero-order valence-electron chi connectivity index (χ0n) is 8.56. The Kier molecular flexibility index (Phi) is 3.12. The van der Waals surface area contributed by atoms with E-state index in [9.17, 15) is 4.39 Å². The summed E-state index contributed by atoms with van der Waals surface area (Å²) in [6, 6.07) is 9.54. The number of rotatable bonds is 3. The fraction of sp³-hybridized carbons (Fsp3) is 0.0833. The molecule has 0 aliphatic rings. The number of halogens is 1. The second kappa shape index (κ2) is 4.72. The largest absolute Gasteiger partial charge is 0.439 e. The lowest BCUT2D eigenvalue weighted by atomic mass is 10.2. The number of hydrogen-bond donors (Lipinski definition) is 1. The van der Waals surface area contributed by atoms with Gasteiger partial charge >= 0.3 is 0 Å². The van der Waals surface area contributed by atoms with Gasteiger partial charge in [-0.1, -0.05) is 12.1 Å². The molecule has 0 atom stereocenters. The number of aromatic nitrogens is 1. The molecule has 16 heavy (non-hydrogen) atoms. The standard InChI is InChI=1S/C12H11FN2O/c13-10-5-4-9(8-14)11(7-10)16-12-3-1-2-6-15-12/h1-7H,8,14H2. The van der Waals surface area contributed by atoms with Crippen molar-refractivity contribution in [3.05, 3.63) is 54.0 Å². The molecule has 2 aromatic rings. The molecule has 0 saturated carbocycles. The molecule has 0 unspecified atom stereocenters. The maximum absolute atomic E-state index is 13.0. The van der Waals surface area contributed by atoms with Gasteiger partial charge in [-0.15, -0.1) is 0 Å². The molecule has 0 aliphatic carbocycles. The van der Waals surface area contributed by atoms with E-state index in [1.54, 1.807) is 30.5 Å². The van der Waals surface area contributed by atoms with Crippen molar-refractivity contribution in [2.75, 3.05) is 0 Å². The molecule has 2 rings (SSSR count). The number of nitrogens with zero attached hydrogens (tertiary/aromatic N) is 1. The molecular formula is C12H11FN2O. The van der Waals surface area contributed by atoms with Crippen LogP contribution in [0.15, 0.2) is 42.6 Å². The molecule has 4 heteroatoms. The maximum Gasteiger partial charge on any atom is 0.219 e. The zero-order chi connectivity index (χ0) is 11.4. The van der Waals surface area contributed by atoms with Crippen molar-refractivity contribution in [1.29, 1.82) is 0 Å². The van der Waals surface area contributed by atoms with Crippen LogP contribution in [0.5, 0.6) is 11.6 Å². The van der Waals surface area contributed by atoms with Crippen LogP contribution in [0.2, 0.25) is 0 Å². The normalized spacial score (nSPS) is 10.1. The molecule has 0 saturated heterocycles. The van der Waals surface area contributed by atoms with Crippen LogP contribution in [-0.4, -0.2) is 4.98 Å². The van der Waals surface area contributed by atoms with E-state index in [0.717, 1.165) is 5.56 Å². The van der Waals surface area contributed by atoms with Crippen molar-refractivity contribution in [3.63, 3.8) is 0 Å². The summed E-state index contributed by atoms with van der Waals surface area (Å²) in [5, 5.41) is 0. The van der Waals surface area contributed by atoms with Gasteiger partial charge in [0.15, 0.2) is 0 Å². The molecular weight excluding hydrogens is 207 g/mol. The highest BCUT2D eigenvalue weighted by molar-refractivity contribution is 5.36. The molecule has 1 aromatic carbocycles. The van der Waals surface area contributed by atoms with Crippen LogP contribution < -0.4 is 10.5 Å². The number of ether oxygens (including phenoxy) is 1. The summed E-state index contributed by atoms with van der Waals surface area (Å²) in [7, 11) is 0. The molecule has 2 N–H and O–H groups in total. The lowest BCUT2D eigenvalue weighted by molar-refractivity contribution is 0.452. The van der Waals surface area contributed by atoms with Gasteiger partial charge in [0.1, 0.15) is 11.6 Å². The van der Waals surface area contributed by atoms with Crippen molar-refractivity contribution < 1.29 is 9.13 Å². The Morgan fingerprint density at radius 2 is 2.12 bits per heavy atom. The van der Waals surface area contributed by atoms with E-state index in [2.05, 4.69) is 4.98 Å². The maximum atomic E-state index is 13.0. The fourth-order valence-electron chi connectivity index (χ4n) is 1.31. The first kappa shape index (κ1) is 10.6. The molecule has 1 aromatic heterocycles. The molecule has 0 amide bonds. The monoisotopic (exact) mass is 218 g/mol. The smallest absolute Gasteiger partial charge is 0.219 e. The van der Waals surface area contributed by atoms with E-state index in [-0.39, 0.29) is 5.82 Å². The van der Waals surface area contributed by atoms with E-state index in [0.29, 0.717) is 18.2 Å². The Labute approximate surface area is 92.7 Å². The number of pyridine rings is 1. The van der Waals surface area contributed by atoms with Crippen LogP contribution in [0.4, 0.5) is 4.39 Å². The van der Waals surface area contributed by atoms with E-state index in [1.807, 2.05) is 0 Å². The molecule has 3 nitrogen and oxygen atoms in total. The van der Waals surface area contributed by atoms with E-state index in [4.69, 9.17) is 10.5 Å². The van der Waals surface area contributed by atoms with Crippen molar-refractivity contribution >= 4 is 0 Å². The second-order valence-electron chi connectivity index (χ2n) is 3.23. The Balaban J connectivity index is 2.30. The quantitative estimate of drug-likeness (QED) is 0.860. The summed E-state index contributed by atoms with van der Waals surface area (Å²) in [5.74, 6) is 0.465. The van der Waals surface area contributed by atoms with Gasteiger partial charge in [-0.25, -0.2) is 9.37 Å². The van der Waals surface area contributed by atoms with Gasteiger partial charge in [0.25, 0.3) is 0 Å². The van der Waals surface area contributed by atoms with Crippen LogP contribution in [0, 0.1) is 5.82 Å². The molecule has 0 bridgehead atoms. The third kappa shape index (κ3) is 2.35. The van der Waals surface area contributed by atoms with Crippen LogP contribution in [0.1, 0.15) is 5.56 Å². The van der Waals surface area contributed by atoms with Gasteiger partial charge in [-0.05, 0) is 12.1 Å². The average Bonchev–Trinajstić information content (AvgIpc) is 2.31. The lowest BCUT2D eigenvalue weighted by Gasteiger charge is -2.08. The first-order chi connectivity index (χ1) is 7.79. The Bertz CT molecular complexity index is 474. The molecule has 0 spiro atoms. The van der Waals surface area contributed by atoms with E-state index in [1.165, 1.54) is 12.1 Å². The summed E-state index contributed by atoms with van der Waals surface area (Å²) >= 11 is 0. The van der Waals surface area contributed by atoms with Crippen LogP contribution in [0.3, 0.4) is 0 Å². The average molecular weight is 218 g/mol. The molecule has 1 heterocycles. The minimum atomic E-state index is -0.358. The van der Waals surface area contributed by atoms with E-state index < -0.39 is 0 Å². The van der Waals surface area contributed by atoms with Crippen molar-refractivity contribution in [1.82, 2.24) is 4.98 Å². The summed E-state index contributed by atoms with van der Waals surface area (Å²) in [6.45, 7) is 0.294. The van der Waals surface area contributed by atoms with Crippen LogP contribution in [0.25, 0.3) is 0 Å². The van der Waals surface area contributed by atoms with Gasteiger partial charge in [0, 0.05) is 30.4 Å². The Hall–Kier alpha value is -1.94. The molecule has 0 radical (unpaired) electrons. The van der Waals surface area contributed by atoms with Gasteiger partial charge in [-0.2, -0.15) is 0 Å². The third-order valence-electron chi connectivity index (χ3n) is 2.10. The minimum Gasteiger partial charge on any atom is -0.439 e. The minimum absolute atomic E-state index is 0.294. The SMILES string of the molecule is NCc1ccc(F)cc1Oc1ccccn1. The number of benzene rings is 1. The summed E-state index contributed by atoms with van der Waals surface area (Å²) in [4.78, 5) is 3.99. The number of nitrogens with two attached hydrogens (primary N) is 1. The molecule has 0 aliphatic heterocycles. The highest BCUT2D eigenvalue weighted by Gasteiger charge is 2.05. The van der Waals surface area contributed by atoms with Crippen molar-refractivity contribution in [3.8, 4) is 11.6 Å². The Morgan fingerprint density at radius 3 is 2.81 bits per heavy atom. The topological polar surface area (TPSA) is 48.1 Å². The van der Waals surface area contributed by atoms with Crippen LogP contribution >= 0.6 is 0 Å². The fourth-order valence-corrected chi connectivity index (χ4v) is 1.31. The molecule has 82 valence electrons. The van der Waals surface area contributed by atoms with Gasteiger partial charge in [0.2, 0.25) is 5.88 Å². The van der Waals surface area contributed by atoms with Gasteiger partial charge < -0.3 is 10.5 Å². The lowest BCUT2D eigenvalue weighted by Crippen LogP contribution is -2.00. The van der Waals surface area contributed by atoms with Crippen molar-refractivity contribution in [2.24, 2.45) is 5.73 Å². The molecule has 0 fully saturated rings. The second-order valence-corrected chi connectivity index (χ2v) is 3.23. The zero-order valence-corrected chi connectivity index (χ0v) is 8.56. The summed E-state index contributed by atoms with van der Waals surface area (Å²) < 4.78 is 18.5. The highest BCUT2D eigenvalue weighted by Crippen LogP contribution is 2.24. The van der Waals surface area contributed by atoms with Crippen LogP contribution in [-0.2, 0) is 6.54 Å². The van der Waals surface area contributed by atoms with Gasteiger partial charge in [0.05, 0.1) is 0 Å². The van der Waals surface area contributed by atoms with Gasteiger partial charge in [-0.3, -0.25) is 0 Å². The first-order valence-corrected chi connectivity index (χ1v) is 4.87. The highest BCUT2D eigenvalue weighted by atomic mass is 19.1. The first-order valence-electron chi connectivity index (χ1n) is 4.87. The van der Waals surface area contributed by atoms with Crippen molar-refractivity contribution in [2.45, 2.75) is 6.54 Å². The third-order valence-corrected chi connectivity index (χ3v) is 2.10. The Morgan fingerprint density at radius 1 is 1.25 bits per heavy atom. The predicted molar refractivity (Wildman–Crippen MR) is 58.6 cm³/mol. The summed E-state index contributed by atoms with van der Waals surface area (Å²) in [6.07, 6.45) is 1.61. The summed E-state index contributed by atoms with van der Waals surface area (Å²) in [5.41, 5.74) is 6.27.